The number of carbonyl (C=O) groups excluding carboxylic acids is 1. The summed E-state index contributed by atoms with van der Waals surface area (Å²) in [6.45, 7) is 1.52. The summed E-state index contributed by atoms with van der Waals surface area (Å²) in [7, 11) is 0. The highest BCUT2D eigenvalue weighted by Crippen LogP contribution is 2.10. The van der Waals surface area contributed by atoms with E-state index in [1.807, 2.05) is 0 Å². The molecule has 0 spiro atoms. The third kappa shape index (κ3) is 3.55. The Hall–Kier alpha value is -1.54. The zero-order valence-electron chi connectivity index (χ0n) is 9.03. The Bertz CT molecular complexity index is 303. The number of terminal acetylenes is 1. The van der Waals surface area contributed by atoms with Crippen LogP contribution in [0.15, 0.2) is 0 Å². The lowest BCUT2D eigenvalue weighted by atomic mass is 9.98. The number of carbonyl (C=O) groups is 2. The van der Waals surface area contributed by atoms with Crippen molar-refractivity contribution < 1.29 is 14.7 Å². The van der Waals surface area contributed by atoms with Crippen LogP contribution in [0.4, 0.5) is 0 Å². The van der Waals surface area contributed by atoms with Gasteiger partial charge in [-0.3, -0.25) is 4.79 Å². The summed E-state index contributed by atoms with van der Waals surface area (Å²) in [6.07, 6.45) is 6.79. The first-order chi connectivity index (χ1) is 7.65. The van der Waals surface area contributed by atoms with Crippen LogP contribution in [0.25, 0.3) is 0 Å². The van der Waals surface area contributed by atoms with Gasteiger partial charge >= 0.3 is 5.97 Å². The first kappa shape index (κ1) is 12.5. The van der Waals surface area contributed by atoms with Crippen LogP contribution in [0.1, 0.15) is 19.3 Å². The van der Waals surface area contributed by atoms with Gasteiger partial charge < -0.3 is 15.7 Å². The Balaban J connectivity index is 2.47. The highest BCUT2D eigenvalue weighted by atomic mass is 16.4. The zero-order valence-corrected chi connectivity index (χ0v) is 9.03. The molecule has 0 bridgehead atoms. The maximum Gasteiger partial charge on any atom is 0.327 e. The van der Waals surface area contributed by atoms with E-state index < -0.39 is 12.0 Å². The van der Waals surface area contributed by atoms with E-state index in [4.69, 9.17) is 11.5 Å². The van der Waals surface area contributed by atoms with E-state index in [1.165, 1.54) is 0 Å². The van der Waals surface area contributed by atoms with Crippen LogP contribution in [-0.2, 0) is 9.59 Å². The molecule has 1 rings (SSSR count). The number of rotatable bonds is 4. The van der Waals surface area contributed by atoms with Crippen LogP contribution < -0.4 is 10.6 Å². The lowest BCUT2D eigenvalue weighted by Crippen LogP contribution is -2.47. The molecule has 1 aliphatic heterocycles. The van der Waals surface area contributed by atoms with Crippen molar-refractivity contribution in [2.75, 3.05) is 13.1 Å². The van der Waals surface area contributed by atoms with Gasteiger partial charge in [-0.15, -0.1) is 12.3 Å². The number of carboxylic acids is 1. The van der Waals surface area contributed by atoms with E-state index >= 15 is 0 Å². The summed E-state index contributed by atoms with van der Waals surface area (Å²) < 4.78 is 0. The minimum Gasteiger partial charge on any atom is -0.480 e. The molecule has 2 unspecified atom stereocenters. The Morgan fingerprint density at radius 3 is 2.88 bits per heavy atom. The van der Waals surface area contributed by atoms with Gasteiger partial charge in [0.2, 0.25) is 5.91 Å². The fourth-order valence-corrected chi connectivity index (χ4v) is 1.68. The Morgan fingerprint density at radius 1 is 1.62 bits per heavy atom. The molecule has 0 aromatic rings. The second kappa shape index (κ2) is 6.13. The van der Waals surface area contributed by atoms with Gasteiger partial charge in [-0.25, -0.2) is 4.79 Å². The van der Waals surface area contributed by atoms with Crippen molar-refractivity contribution >= 4 is 11.9 Å². The van der Waals surface area contributed by atoms with Gasteiger partial charge in [0.15, 0.2) is 0 Å². The number of hydrogen-bond acceptors (Lipinski definition) is 3. The summed E-state index contributed by atoms with van der Waals surface area (Å²) in [5.74, 6) is 0.786. The second-order valence-electron chi connectivity index (χ2n) is 3.85. The summed E-state index contributed by atoms with van der Waals surface area (Å²) >= 11 is 0. The summed E-state index contributed by atoms with van der Waals surface area (Å²) in [5, 5.41) is 14.4. The van der Waals surface area contributed by atoms with E-state index in [1.54, 1.807) is 0 Å². The van der Waals surface area contributed by atoms with Crippen LogP contribution in [0.2, 0.25) is 0 Å². The molecule has 0 saturated carbocycles. The summed E-state index contributed by atoms with van der Waals surface area (Å²) in [4.78, 5) is 22.5. The topological polar surface area (TPSA) is 78.4 Å². The van der Waals surface area contributed by atoms with E-state index in [2.05, 4.69) is 16.6 Å². The molecule has 1 heterocycles. The van der Waals surface area contributed by atoms with Crippen molar-refractivity contribution in [1.82, 2.24) is 10.6 Å². The molecule has 0 radical (unpaired) electrons. The number of carboxylic acid groups (broad SMARTS) is 1. The van der Waals surface area contributed by atoms with Gasteiger partial charge in [0.05, 0.1) is 5.92 Å². The molecular weight excluding hydrogens is 208 g/mol. The van der Waals surface area contributed by atoms with Crippen LogP contribution in [0, 0.1) is 18.3 Å². The minimum atomic E-state index is -1.09. The molecule has 1 fully saturated rings. The van der Waals surface area contributed by atoms with E-state index in [0.717, 1.165) is 19.4 Å². The van der Waals surface area contributed by atoms with Crippen molar-refractivity contribution in [2.45, 2.75) is 25.3 Å². The number of amides is 1. The highest BCUT2D eigenvalue weighted by molar-refractivity contribution is 5.85. The van der Waals surface area contributed by atoms with Gasteiger partial charge in [0.1, 0.15) is 6.04 Å². The van der Waals surface area contributed by atoms with Crippen molar-refractivity contribution in [3.05, 3.63) is 0 Å². The zero-order chi connectivity index (χ0) is 12.0. The molecule has 1 saturated heterocycles. The maximum atomic E-state index is 11.7. The fraction of sp³-hybridized carbons (Fsp3) is 0.636. The average Bonchev–Trinajstić information content (AvgIpc) is 2.29. The molecule has 1 aliphatic rings. The maximum absolute atomic E-state index is 11.7. The van der Waals surface area contributed by atoms with Crippen molar-refractivity contribution in [3.63, 3.8) is 0 Å². The Kier molecular flexibility index (Phi) is 4.80. The number of hydrogen-bond donors (Lipinski definition) is 3. The lowest BCUT2D eigenvalue weighted by molar-refractivity contribution is -0.142. The van der Waals surface area contributed by atoms with Gasteiger partial charge in [0.25, 0.3) is 0 Å². The van der Waals surface area contributed by atoms with Crippen molar-refractivity contribution in [3.8, 4) is 12.3 Å². The van der Waals surface area contributed by atoms with Crippen molar-refractivity contribution in [2.24, 2.45) is 5.92 Å². The Morgan fingerprint density at radius 2 is 2.38 bits per heavy atom. The van der Waals surface area contributed by atoms with Gasteiger partial charge in [-0.1, -0.05) is 0 Å². The molecule has 0 aromatic heterocycles. The molecule has 5 heteroatoms. The number of piperidine rings is 1. The first-order valence-corrected chi connectivity index (χ1v) is 5.32. The summed E-state index contributed by atoms with van der Waals surface area (Å²) in [5.41, 5.74) is 0. The first-order valence-electron chi connectivity index (χ1n) is 5.32. The quantitative estimate of drug-likeness (QED) is 0.567. The SMILES string of the molecule is C#CCC(NC(=O)C1CCCNC1)C(=O)O. The van der Waals surface area contributed by atoms with Gasteiger partial charge in [-0.2, -0.15) is 0 Å². The number of nitrogens with one attached hydrogen (secondary N) is 2. The van der Waals surface area contributed by atoms with E-state index in [-0.39, 0.29) is 18.2 Å². The number of aliphatic carboxylic acids is 1. The van der Waals surface area contributed by atoms with Crippen molar-refractivity contribution in [1.29, 1.82) is 0 Å². The largest absolute Gasteiger partial charge is 0.480 e. The molecule has 2 atom stereocenters. The Labute approximate surface area is 94.6 Å². The minimum absolute atomic E-state index is 0.0151. The third-order valence-electron chi connectivity index (χ3n) is 2.60. The van der Waals surface area contributed by atoms with Gasteiger partial charge in [-0.05, 0) is 19.4 Å². The third-order valence-corrected chi connectivity index (χ3v) is 2.60. The standard InChI is InChI=1S/C11H16N2O3/c1-2-4-9(11(15)16)13-10(14)8-5-3-6-12-7-8/h1,8-9,12H,3-7H2,(H,13,14)(H,15,16). The summed E-state index contributed by atoms with van der Waals surface area (Å²) in [6, 6.07) is -0.973. The fourth-order valence-electron chi connectivity index (χ4n) is 1.68. The normalized spacial score (nSPS) is 21.8. The molecule has 88 valence electrons. The smallest absolute Gasteiger partial charge is 0.327 e. The van der Waals surface area contributed by atoms with E-state index in [9.17, 15) is 9.59 Å². The average molecular weight is 224 g/mol. The molecule has 0 aromatic carbocycles. The molecule has 1 amide bonds. The van der Waals surface area contributed by atoms with Crippen LogP contribution in [-0.4, -0.2) is 36.1 Å². The molecule has 5 nitrogen and oxygen atoms in total. The molecule has 0 aliphatic carbocycles. The molecular formula is C11H16N2O3. The van der Waals surface area contributed by atoms with Gasteiger partial charge in [0, 0.05) is 13.0 Å². The predicted octanol–water partition coefficient (Wildman–Crippen LogP) is -0.421. The predicted molar refractivity (Wildman–Crippen MR) is 58.6 cm³/mol. The van der Waals surface area contributed by atoms with E-state index in [0.29, 0.717) is 6.54 Å². The van der Waals surface area contributed by atoms with Crippen LogP contribution >= 0.6 is 0 Å². The lowest BCUT2D eigenvalue weighted by Gasteiger charge is -2.23. The monoisotopic (exact) mass is 224 g/mol. The molecule has 3 N–H and O–H groups in total. The second-order valence-corrected chi connectivity index (χ2v) is 3.85. The highest BCUT2D eigenvalue weighted by Gasteiger charge is 2.25. The van der Waals surface area contributed by atoms with Crippen LogP contribution in [0.5, 0.6) is 0 Å². The van der Waals surface area contributed by atoms with Crippen LogP contribution in [0.3, 0.4) is 0 Å². The molecule has 16 heavy (non-hydrogen) atoms.